The van der Waals surface area contributed by atoms with Gasteiger partial charge in [-0.25, -0.2) is 0 Å². The fourth-order valence-electron chi connectivity index (χ4n) is 3.25. The second kappa shape index (κ2) is 10.1. The summed E-state index contributed by atoms with van der Waals surface area (Å²) in [6, 6.07) is 17.0. The van der Waals surface area contributed by atoms with Gasteiger partial charge in [0.15, 0.2) is 0 Å². The van der Waals surface area contributed by atoms with Crippen LogP contribution in [0.4, 0.5) is 0 Å². The van der Waals surface area contributed by atoms with Crippen molar-refractivity contribution in [2.45, 2.75) is 30.6 Å². The van der Waals surface area contributed by atoms with Crippen LogP contribution >= 0.6 is 11.8 Å². The van der Waals surface area contributed by atoms with Gasteiger partial charge in [-0.1, -0.05) is 43.2 Å². The second-order valence-corrected chi connectivity index (χ2v) is 7.74. The summed E-state index contributed by atoms with van der Waals surface area (Å²) < 4.78 is 0. The average molecular weight is 395 g/mol. The summed E-state index contributed by atoms with van der Waals surface area (Å²) in [5, 5.41) is 2.85. The number of carbonyl (C=O) groups excluding carboxylic acids is 2. The molecule has 5 heteroatoms. The molecule has 3 rings (SSSR count). The number of nitrogens with one attached hydrogen (secondary N) is 1. The van der Waals surface area contributed by atoms with E-state index in [1.165, 1.54) is 0 Å². The van der Waals surface area contributed by atoms with Crippen molar-refractivity contribution in [2.24, 2.45) is 0 Å². The first-order valence-electron chi connectivity index (χ1n) is 9.69. The third-order valence-corrected chi connectivity index (χ3v) is 5.58. The topological polar surface area (TPSA) is 49.4 Å². The minimum absolute atomic E-state index is 0.111. The van der Waals surface area contributed by atoms with Crippen molar-refractivity contribution < 1.29 is 9.59 Å². The molecule has 0 spiro atoms. The van der Waals surface area contributed by atoms with E-state index in [4.69, 9.17) is 0 Å². The van der Waals surface area contributed by atoms with Crippen molar-refractivity contribution in [1.29, 1.82) is 0 Å². The van der Waals surface area contributed by atoms with Crippen LogP contribution in [0.1, 0.15) is 41.6 Å². The van der Waals surface area contributed by atoms with Crippen LogP contribution in [0.25, 0.3) is 6.08 Å². The monoisotopic (exact) mass is 394 g/mol. The Hall–Kier alpha value is -2.53. The molecular formula is C23H26N2O2S. The molecule has 0 atom stereocenters. The normalized spacial score (nSPS) is 15.0. The molecule has 0 aliphatic carbocycles. The maximum Gasteiger partial charge on any atom is 0.270 e. The minimum atomic E-state index is -0.268. The first-order chi connectivity index (χ1) is 13.7. The van der Waals surface area contributed by atoms with Crippen LogP contribution in [0.2, 0.25) is 0 Å². The number of thioether (sulfide) groups is 1. The van der Waals surface area contributed by atoms with Gasteiger partial charge < -0.3 is 10.2 Å². The van der Waals surface area contributed by atoms with E-state index in [0.29, 0.717) is 11.3 Å². The Morgan fingerprint density at radius 2 is 1.57 bits per heavy atom. The molecule has 28 heavy (non-hydrogen) atoms. The second-order valence-electron chi connectivity index (χ2n) is 6.86. The van der Waals surface area contributed by atoms with E-state index in [1.54, 1.807) is 30.0 Å². The van der Waals surface area contributed by atoms with Gasteiger partial charge in [0.05, 0.1) is 0 Å². The zero-order valence-corrected chi connectivity index (χ0v) is 17.0. The maximum atomic E-state index is 13.2. The predicted molar refractivity (Wildman–Crippen MR) is 115 cm³/mol. The van der Waals surface area contributed by atoms with Gasteiger partial charge in [0.2, 0.25) is 0 Å². The molecule has 1 aliphatic rings. The van der Waals surface area contributed by atoms with Crippen LogP contribution < -0.4 is 5.32 Å². The molecule has 2 amide bonds. The molecule has 0 aromatic heterocycles. The van der Waals surface area contributed by atoms with Gasteiger partial charge in [0.25, 0.3) is 11.8 Å². The van der Waals surface area contributed by atoms with Crippen LogP contribution in [-0.4, -0.2) is 36.1 Å². The largest absolute Gasteiger partial charge is 0.337 e. The first kappa shape index (κ1) is 20.2. The van der Waals surface area contributed by atoms with Crippen molar-refractivity contribution in [1.82, 2.24) is 10.2 Å². The molecule has 4 nitrogen and oxygen atoms in total. The van der Waals surface area contributed by atoms with Gasteiger partial charge >= 0.3 is 0 Å². The Bertz CT molecular complexity index is 823. The molecule has 1 fully saturated rings. The number of carbonyl (C=O) groups is 2. The Morgan fingerprint density at radius 1 is 0.929 bits per heavy atom. The lowest BCUT2D eigenvalue weighted by molar-refractivity contribution is -0.127. The highest BCUT2D eigenvalue weighted by Gasteiger charge is 2.21. The summed E-state index contributed by atoms with van der Waals surface area (Å²) in [6.07, 6.45) is 8.12. The van der Waals surface area contributed by atoms with Gasteiger partial charge in [-0.05, 0) is 55.0 Å². The van der Waals surface area contributed by atoms with Gasteiger partial charge in [-0.2, -0.15) is 0 Å². The molecule has 0 radical (unpaired) electrons. The number of hydrogen-bond donors (Lipinski definition) is 1. The summed E-state index contributed by atoms with van der Waals surface area (Å²) >= 11 is 1.67. The predicted octanol–water partition coefficient (Wildman–Crippen LogP) is 4.58. The van der Waals surface area contributed by atoms with Gasteiger partial charge in [0.1, 0.15) is 5.70 Å². The molecular weight excluding hydrogens is 368 g/mol. The highest BCUT2D eigenvalue weighted by molar-refractivity contribution is 7.98. The fourth-order valence-corrected chi connectivity index (χ4v) is 3.65. The first-order valence-corrected chi connectivity index (χ1v) is 10.9. The molecule has 0 saturated carbocycles. The van der Waals surface area contributed by atoms with E-state index in [0.717, 1.165) is 49.2 Å². The van der Waals surface area contributed by atoms with Crippen LogP contribution in [-0.2, 0) is 4.79 Å². The lowest BCUT2D eigenvalue weighted by Crippen LogP contribution is -2.39. The van der Waals surface area contributed by atoms with E-state index in [-0.39, 0.29) is 11.8 Å². The molecule has 2 aromatic carbocycles. The fraction of sp³-hybridized carbons (Fsp3) is 0.304. The van der Waals surface area contributed by atoms with Crippen LogP contribution in [0.15, 0.2) is 65.2 Å². The minimum Gasteiger partial charge on any atom is -0.337 e. The molecule has 2 aromatic rings. The number of benzene rings is 2. The Labute approximate surface area is 171 Å². The van der Waals surface area contributed by atoms with Crippen LogP contribution in [0.5, 0.6) is 0 Å². The number of rotatable bonds is 5. The highest BCUT2D eigenvalue weighted by atomic mass is 32.2. The molecule has 1 heterocycles. The van der Waals surface area contributed by atoms with E-state index < -0.39 is 0 Å². The van der Waals surface area contributed by atoms with Gasteiger partial charge in [-0.15, -0.1) is 11.8 Å². The van der Waals surface area contributed by atoms with Crippen LogP contribution in [0, 0.1) is 0 Å². The average Bonchev–Trinajstić information content (AvgIpc) is 3.03. The van der Waals surface area contributed by atoms with Crippen molar-refractivity contribution in [3.8, 4) is 0 Å². The van der Waals surface area contributed by atoms with Crippen molar-refractivity contribution in [3.63, 3.8) is 0 Å². The summed E-state index contributed by atoms with van der Waals surface area (Å²) in [5.74, 6) is -0.379. The van der Waals surface area contributed by atoms with E-state index in [9.17, 15) is 9.59 Å². The Kier molecular flexibility index (Phi) is 7.31. The Morgan fingerprint density at radius 3 is 2.18 bits per heavy atom. The summed E-state index contributed by atoms with van der Waals surface area (Å²) in [7, 11) is 0. The SMILES string of the molecule is CSc1ccc(/C=C(\NC(=O)c2ccccc2)C(=O)N2CCCCCC2)cc1. The summed E-state index contributed by atoms with van der Waals surface area (Å²) in [4.78, 5) is 28.9. The number of hydrogen-bond acceptors (Lipinski definition) is 3. The van der Waals surface area contributed by atoms with Crippen molar-refractivity contribution in [2.75, 3.05) is 19.3 Å². The molecule has 1 saturated heterocycles. The molecule has 1 aliphatic heterocycles. The van der Waals surface area contributed by atoms with Crippen LogP contribution in [0.3, 0.4) is 0 Å². The zero-order valence-electron chi connectivity index (χ0n) is 16.2. The molecule has 146 valence electrons. The van der Waals surface area contributed by atoms with Gasteiger partial charge in [0, 0.05) is 23.5 Å². The Balaban J connectivity index is 1.86. The van der Waals surface area contributed by atoms with E-state index in [1.807, 2.05) is 53.6 Å². The number of amides is 2. The van der Waals surface area contributed by atoms with Gasteiger partial charge in [-0.3, -0.25) is 9.59 Å². The smallest absolute Gasteiger partial charge is 0.270 e. The molecule has 0 unspecified atom stereocenters. The summed E-state index contributed by atoms with van der Waals surface area (Å²) in [5.41, 5.74) is 1.76. The number of likely N-dealkylation sites (tertiary alicyclic amines) is 1. The standard InChI is InChI=1S/C23H26N2O2S/c1-28-20-13-11-18(12-14-20)17-21(23(27)25-15-7-2-3-8-16-25)24-22(26)19-9-5-4-6-10-19/h4-6,9-14,17H,2-3,7-8,15-16H2,1H3,(H,24,26)/b21-17-. The quantitative estimate of drug-likeness (QED) is 0.596. The maximum absolute atomic E-state index is 13.2. The van der Waals surface area contributed by atoms with E-state index in [2.05, 4.69) is 5.32 Å². The zero-order chi connectivity index (χ0) is 19.8. The summed E-state index contributed by atoms with van der Waals surface area (Å²) in [6.45, 7) is 1.48. The van der Waals surface area contributed by atoms with E-state index >= 15 is 0 Å². The molecule has 1 N–H and O–H groups in total. The molecule has 0 bridgehead atoms. The lowest BCUT2D eigenvalue weighted by atomic mass is 10.1. The van der Waals surface area contributed by atoms with Crippen molar-refractivity contribution >= 4 is 29.7 Å². The third kappa shape index (κ3) is 5.49. The van der Waals surface area contributed by atoms with Crippen molar-refractivity contribution in [3.05, 3.63) is 71.4 Å². The highest BCUT2D eigenvalue weighted by Crippen LogP contribution is 2.18. The third-order valence-electron chi connectivity index (χ3n) is 4.83. The lowest BCUT2D eigenvalue weighted by Gasteiger charge is -2.22. The number of nitrogens with zero attached hydrogens (tertiary/aromatic N) is 1.